The van der Waals surface area contributed by atoms with Crippen LogP contribution in [0.15, 0.2) is 66.7 Å². The predicted molar refractivity (Wildman–Crippen MR) is 145 cm³/mol. The molecule has 39 heavy (non-hydrogen) atoms. The molecule has 3 aromatic carbocycles. The third kappa shape index (κ3) is 7.56. The van der Waals surface area contributed by atoms with Crippen molar-refractivity contribution in [2.75, 3.05) is 65.3 Å². The fraction of sp³-hybridized carbons (Fsp3) is 0.400. The minimum absolute atomic E-state index is 0.190. The van der Waals surface area contributed by atoms with E-state index in [1.807, 2.05) is 35.8 Å². The zero-order valence-corrected chi connectivity index (χ0v) is 22.6. The van der Waals surface area contributed by atoms with Crippen LogP contribution >= 0.6 is 0 Å². The van der Waals surface area contributed by atoms with E-state index in [0.717, 1.165) is 23.4 Å². The van der Waals surface area contributed by atoms with Gasteiger partial charge in [-0.05, 0) is 73.3 Å². The van der Waals surface area contributed by atoms with Crippen molar-refractivity contribution in [2.45, 2.75) is 18.8 Å². The molecular weight excluding hydrogens is 511 g/mol. The molecule has 0 bridgehead atoms. The van der Waals surface area contributed by atoms with Gasteiger partial charge in [0.15, 0.2) is 0 Å². The number of alkyl halides is 3. The molecule has 0 unspecified atom stereocenters. The maximum absolute atomic E-state index is 13.9. The predicted octanol–water partition coefficient (Wildman–Crippen LogP) is 5.89. The third-order valence-electron chi connectivity index (χ3n) is 7.26. The van der Waals surface area contributed by atoms with E-state index in [0.29, 0.717) is 32.7 Å². The molecule has 210 valence electrons. The summed E-state index contributed by atoms with van der Waals surface area (Å²) in [6, 6.07) is 16.7. The second-order valence-electron chi connectivity index (χ2n) is 10.4. The Hall–Kier alpha value is -3.01. The molecule has 0 radical (unpaired) electrons. The van der Waals surface area contributed by atoms with Crippen molar-refractivity contribution in [1.29, 1.82) is 0 Å². The summed E-state index contributed by atoms with van der Waals surface area (Å²) in [5, 5.41) is 0. The van der Waals surface area contributed by atoms with Crippen LogP contribution in [0.25, 0.3) is 0 Å². The summed E-state index contributed by atoms with van der Waals surface area (Å²) >= 11 is 0. The van der Waals surface area contributed by atoms with E-state index in [-0.39, 0.29) is 29.8 Å². The minimum Gasteiger partial charge on any atom is -0.373 e. The van der Waals surface area contributed by atoms with Crippen LogP contribution in [0.2, 0.25) is 0 Å². The highest BCUT2D eigenvalue weighted by molar-refractivity contribution is 5.51. The first-order valence-corrected chi connectivity index (χ1v) is 13.0. The Morgan fingerprint density at radius 2 is 1.28 bits per heavy atom. The van der Waals surface area contributed by atoms with Crippen molar-refractivity contribution in [1.82, 2.24) is 14.7 Å². The van der Waals surface area contributed by atoms with Gasteiger partial charge in [-0.1, -0.05) is 24.3 Å². The van der Waals surface area contributed by atoms with Crippen LogP contribution in [-0.4, -0.2) is 75.1 Å². The van der Waals surface area contributed by atoms with E-state index < -0.39 is 11.7 Å². The van der Waals surface area contributed by atoms with E-state index in [9.17, 15) is 22.0 Å². The molecule has 4 rings (SSSR count). The van der Waals surface area contributed by atoms with Crippen LogP contribution in [0.3, 0.4) is 0 Å². The Morgan fingerprint density at radius 1 is 0.744 bits per heavy atom. The molecule has 9 heteroatoms. The first-order valence-electron chi connectivity index (χ1n) is 13.0. The fourth-order valence-corrected chi connectivity index (χ4v) is 5.03. The number of rotatable bonds is 9. The van der Waals surface area contributed by atoms with E-state index in [1.54, 1.807) is 30.3 Å². The van der Waals surface area contributed by atoms with Crippen LogP contribution < -0.4 is 4.90 Å². The second kappa shape index (κ2) is 12.4. The summed E-state index contributed by atoms with van der Waals surface area (Å²) < 4.78 is 68.9. The maximum Gasteiger partial charge on any atom is 0.416 e. The van der Waals surface area contributed by atoms with Gasteiger partial charge in [0.05, 0.1) is 11.6 Å². The molecular formula is C30H35F5N4. The monoisotopic (exact) mass is 546 g/mol. The van der Waals surface area contributed by atoms with Crippen LogP contribution in [-0.2, 0) is 12.7 Å². The largest absolute Gasteiger partial charge is 0.416 e. The molecule has 1 fully saturated rings. The molecule has 0 aliphatic carbocycles. The van der Waals surface area contributed by atoms with Gasteiger partial charge in [0.25, 0.3) is 0 Å². The zero-order chi connectivity index (χ0) is 28.2. The van der Waals surface area contributed by atoms with Gasteiger partial charge in [0.1, 0.15) is 11.6 Å². The molecule has 0 N–H and O–H groups in total. The van der Waals surface area contributed by atoms with Gasteiger partial charge in [0.2, 0.25) is 0 Å². The summed E-state index contributed by atoms with van der Waals surface area (Å²) in [5.41, 5.74) is 2.17. The quantitative estimate of drug-likeness (QED) is 0.311. The fourth-order valence-electron chi connectivity index (χ4n) is 5.03. The van der Waals surface area contributed by atoms with Crippen molar-refractivity contribution in [3.05, 3.63) is 101 Å². The molecule has 0 atom stereocenters. The second-order valence-corrected chi connectivity index (χ2v) is 10.4. The van der Waals surface area contributed by atoms with Gasteiger partial charge in [-0.3, -0.25) is 9.80 Å². The SMILES string of the molecule is CN(C)CCN(C)c1ccc(C(F)(F)F)c(CN2CCN(C(c3ccc(F)cc3)c3ccc(F)cc3)CC2)c1. The van der Waals surface area contributed by atoms with Crippen LogP contribution in [0, 0.1) is 11.6 Å². The van der Waals surface area contributed by atoms with Gasteiger partial charge < -0.3 is 9.80 Å². The molecule has 0 saturated carbocycles. The lowest BCUT2D eigenvalue weighted by atomic mass is 9.96. The summed E-state index contributed by atoms with van der Waals surface area (Å²) in [4.78, 5) is 8.26. The highest BCUT2D eigenvalue weighted by atomic mass is 19.4. The summed E-state index contributed by atoms with van der Waals surface area (Å²) in [7, 11) is 5.81. The lowest BCUT2D eigenvalue weighted by Crippen LogP contribution is -2.47. The summed E-state index contributed by atoms with van der Waals surface area (Å²) in [6.07, 6.45) is -4.44. The Bertz CT molecular complexity index is 1160. The average molecular weight is 547 g/mol. The van der Waals surface area contributed by atoms with Gasteiger partial charge >= 0.3 is 6.18 Å². The molecule has 0 amide bonds. The van der Waals surface area contributed by atoms with E-state index in [1.165, 1.54) is 36.4 Å². The van der Waals surface area contributed by atoms with E-state index in [4.69, 9.17) is 0 Å². The standard InChI is InChI=1S/C30H35F5N4/c1-36(2)14-15-37(3)27-12-13-28(30(33,34)35)24(20-27)21-38-16-18-39(19-17-38)29(22-4-8-25(31)9-5-22)23-6-10-26(32)11-7-23/h4-13,20,29H,14-19,21H2,1-3H3. The number of anilines is 1. The number of nitrogens with zero attached hydrogens (tertiary/aromatic N) is 4. The van der Waals surface area contributed by atoms with Gasteiger partial charge in [-0.2, -0.15) is 13.2 Å². The molecule has 0 aromatic heterocycles. The normalized spacial score (nSPS) is 15.3. The molecule has 1 aliphatic rings. The molecule has 3 aromatic rings. The van der Waals surface area contributed by atoms with Crippen molar-refractivity contribution in [3.8, 4) is 0 Å². The van der Waals surface area contributed by atoms with Crippen molar-refractivity contribution in [2.24, 2.45) is 0 Å². The lowest BCUT2D eigenvalue weighted by Gasteiger charge is -2.40. The number of hydrogen-bond donors (Lipinski definition) is 0. The molecule has 4 nitrogen and oxygen atoms in total. The van der Waals surface area contributed by atoms with Crippen molar-refractivity contribution < 1.29 is 22.0 Å². The van der Waals surface area contributed by atoms with Crippen molar-refractivity contribution >= 4 is 5.69 Å². The Kier molecular flexibility index (Phi) is 9.25. The van der Waals surface area contributed by atoms with E-state index >= 15 is 0 Å². The van der Waals surface area contributed by atoms with Crippen molar-refractivity contribution in [3.63, 3.8) is 0 Å². The van der Waals surface area contributed by atoms with E-state index in [2.05, 4.69) is 4.90 Å². The average Bonchev–Trinajstić information content (AvgIpc) is 2.90. The lowest BCUT2D eigenvalue weighted by molar-refractivity contribution is -0.138. The van der Waals surface area contributed by atoms with Crippen LogP contribution in [0.4, 0.5) is 27.6 Å². The Balaban J connectivity index is 1.51. The first kappa shape index (κ1) is 29.0. The number of likely N-dealkylation sites (N-methyl/N-ethyl adjacent to an activating group) is 2. The number of piperazine rings is 1. The summed E-state index contributed by atoms with van der Waals surface area (Å²) in [6.45, 7) is 4.01. The summed E-state index contributed by atoms with van der Waals surface area (Å²) in [5.74, 6) is -0.673. The smallest absolute Gasteiger partial charge is 0.373 e. The van der Waals surface area contributed by atoms with Gasteiger partial charge in [-0.15, -0.1) is 0 Å². The molecule has 1 saturated heterocycles. The topological polar surface area (TPSA) is 13.0 Å². The molecule has 1 aliphatic heterocycles. The molecule has 0 spiro atoms. The maximum atomic E-state index is 13.9. The van der Waals surface area contributed by atoms with Gasteiger partial charge in [-0.25, -0.2) is 8.78 Å². The number of halogens is 5. The Labute approximate surface area is 227 Å². The Morgan fingerprint density at radius 3 is 1.77 bits per heavy atom. The van der Waals surface area contributed by atoms with Gasteiger partial charge in [0, 0.05) is 58.5 Å². The number of benzene rings is 3. The van der Waals surface area contributed by atoms with Crippen LogP contribution in [0.5, 0.6) is 0 Å². The highest BCUT2D eigenvalue weighted by Crippen LogP contribution is 2.35. The first-order chi connectivity index (χ1) is 18.5. The molecule has 1 heterocycles. The number of hydrogen-bond acceptors (Lipinski definition) is 4. The minimum atomic E-state index is -4.44. The zero-order valence-electron chi connectivity index (χ0n) is 22.6. The van der Waals surface area contributed by atoms with Crippen LogP contribution in [0.1, 0.15) is 28.3 Å². The third-order valence-corrected chi connectivity index (χ3v) is 7.26. The highest BCUT2D eigenvalue weighted by Gasteiger charge is 2.34.